The Morgan fingerprint density at radius 1 is 0.394 bits per heavy atom. The first kappa shape index (κ1) is 31.9. The number of aryl methyl sites for hydroxylation is 4. The average Bonchev–Trinajstić information content (AvgIpc) is 4.09. The van der Waals surface area contributed by atoms with E-state index < -0.39 is 13.7 Å². The molecule has 6 nitrogen and oxygen atoms in total. The van der Waals surface area contributed by atoms with Gasteiger partial charge in [-0.15, -0.1) is 0 Å². The third-order valence-corrected chi connectivity index (χ3v) is 13.5. The summed E-state index contributed by atoms with van der Waals surface area (Å²) >= 11 is 0. The van der Waals surface area contributed by atoms with Crippen molar-refractivity contribution in [3.8, 4) is 28.8 Å². The summed E-state index contributed by atoms with van der Waals surface area (Å²) in [5, 5.41) is 19.2. The summed E-state index contributed by atoms with van der Waals surface area (Å²) in [5.41, 5.74) is 10.8. The second kappa shape index (κ2) is 13.8. The minimum absolute atomic E-state index is 0.171. The summed E-state index contributed by atoms with van der Waals surface area (Å²) in [5.74, 6) is 0. The van der Waals surface area contributed by atoms with E-state index in [4.69, 9.17) is 8.22 Å². The smallest absolute Gasteiger partial charge is 0.237 e. The third kappa shape index (κ3) is 5.04. The molecule has 310 valence electrons. The summed E-state index contributed by atoms with van der Waals surface area (Å²) < 4.78 is 59.1. The largest absolute Gasteiger partial charge is 0.318 e. The molecule has 0 fully saturated rings. The van der Waals surface area contributed by atoms with Crippen LogP contribution in [0.3, 0.4) is 0 Å². The van der Waals surface area contributed by atoms with Gasteiger partial charge in [0, 0.05) is 51.3 Å². The summed E-state index contributed by atoms with van der Waals surface area (Å²) in [6.07, 6.45) is 0. The maximum atomic E-state index is 12.3. The molecule has 4 heterocycles. The summed E-state index contributed by atoms with van der Waals surface area (Å²) in [7, 11) is 0. The number of fused-ring (bicyclic) bond motifs is 12. The molecule has 0 spiro atoms. The van der Waals surface area contributed by atoms with Gasteiger partial charge in [0.1, 0.15) is 6.07 Å². The highest BCUT2D eigenvalue weighted by Gasteiger charge is 2.34. The number of aromatic nitrogens is 4. The van der Waals surface area contributed by atoms with E-state index in [-0.39, 0.29) is 22.4 Å². The number of benzene rings is 9. The molecule has 0 saturated carbocycles. The highest BCUT2D eigenvalue weighted by molar-refractivity contribution is 6.17. The minimum Gasteiger partial charge on any atom is -0.318 e. The number of nitrogens with zero attached hydrogens (tertiary/aromatic N) is 6. The Labute approximate surface area is 388 Å². The maximum Gasteiger partial charge on any atom is 0.237 e. The number of rotatable bonds is 4. The van der Waals surface area contributed by atoms with Gasteiger partial charge in [-0.3, -0.25) is 0 Å². The zero-order valence-corrected chi connectivity index (χ0v) is 35.8. The van der Waals surface area contributed by atoms with E-state index >= 15 is 0 Å². The lowest BCUT2D eigenvalue weighted by molar-refractivity contribution is 1.03. The maximum absolute atomic E-state index is 12.3. The van der Waals surface area contributed by atoms with E-state index in [2.05, 4.69) is 99.1 Å². The molecule has 4 aromatic heterocycles. The van der Waals surface area contributed by atoms with Crippen LogP contribution in [0.2, 0.25) is 0 Å². The normalized spacial score (nSPS) is 13.6. The lowest BCUT2D eigenvalue weighted by Gasteiger charge is -2.27. The molecular formula is C60H40N6. The van der Waals surface area contributed by atoms with Crippen LogP contribution in [0.1, 0.15) is 36.0 Å². The van der Waals surface area contributed by atoms with Gasteiger partial charge in [-0.2, -0.15) is 5.26 Å². The Morgan fingerprint density at radius 2 is 0.712 bits per heavy atom. The van der Waals surface area contributed by atoms with Crippen molar-refractivity contribution in [2.75, 3.05) is 0 Å². The summed E-state index contributed by atoms with van der Waals surface area (Å²) in [6, 6.07) is 57.7. The SMILES string of the molecule is [2H]C([2H])([2H])c1ccc2c(c1)c1ccccc1n2-c1c(C#N)c(-n2c3ccccc3c3cc(C([2H])([2H])[2H])ccc32)c(-n2c3ccccc3c3cc(C)ccc32)c(-n2c3ccccc3c3cc(C)ccc32)c1[N+]#[C-]. The van der Waals surface area contributed by atoms with Crippen molar-refractivity contribution < 1.29 is 8.22 Å². The first-order valence-electron chi connectivity index (χ1n) is 24.9. The van der Waals surface area contributed by atoms with Crippen LogP contribution in [0.5, 0.6) is 0 Å². The Hall–Kier alpha value is -8.84. The number of nitriles is 1. The lowest BCUT2D eigenvalue weighted by Crippen LogP contribution is -2.14. The molecule has 0 saturated heterocycles. The number of para-hydroxylation sites is 4. The molecule has 0 amide bonds. The molecule has 0 unspecified atom stereocenters. The van der Waals surface area contributed by atoms with Crippen molar-refractivity contribution in [1.82, 2.24) is 18.3 Å². The van der Waals surface area contributed by atoms with E-state index in [0.717, 1.165) is 71.0 Å². The Morgan fingerprint density at radius 3 is 1.09 bits per heavy atom. The molecule has 9 aromatic carbocycles. The molecule has 0 bridgehead atoms. The van der Waals surface area contributed by atoms with Gasteiger partial charge in [0.15, 0.2) is 0 Å². The highest BCUT2D eigenvalue weighted by Crippen LogP contribution is 2.52. The topological polar surface area (TPSA) is 47.9 Å². The van der Waals surface area contributed by atoms with Gasteiger partial charge in [-0.05, 0) is 100 Å². The van der Waals surface area contributed by atoms with Gasteiger partial charge in [0.2, 0.25) is 5.69 Å². The minimum atomic E-state index is -2.40. The zero-order chi connectivity index (χ0) is 49.5. The first-order chi connectivity index (χ1) is 34.8. The molecular weight excluding hydrogens is 805 g/mol. The van der Waals surface area contributed by atoms with Crippen LogP contribution in [0, 0.1) is 45.5 Å². The van der Waals surface area contributed by atoms with E-state index in [1.807, 2.05) is 83.4 Å². The second-order valence-electron chi connectivity index (χ2n) is 17.3. The molecule has 13 rings (SSSR count). The van der Waals surface area contributed by atoms with Crippen LogP contribution >= 0.6 is 0 Å². The van der Waals surface area contributed by atoms with Gasteiger partial charge in [0.05, 0.1) is 79.0 Å². The lowest BCUT2D eigenvalue weighted by atomic mass is 10.0. The van der Waals surface area contributed by atoms with Crippen molar-refractivity contribution in [2.45, 2.75) is 27.6 Å². The Bertz CT molecular complexity index is 4600. The van der Waals surface area contributed by atoms with Crippen LogP contribution in [-0.4, -0.2) is 18.3 Å². The van der Waals surface area contributed by atoms with Crippen molar-refractivity contribution >= 4 is 92.9 Å². The molecule has 0 radical (unpaired) electrons. The predicted molar refractivity (Wildman–Crippen MR) is 274 cm³/mol. The fourth-order valence-electron chi connectivity index (χ4n) is 10.8. The van der Waals surface area contributed by atoms with Gasteiger partial charge in [0.25, 0.3) is 0 Å². The van der Waals surface area contributed by atoms with Crippen LogP contribution in [0.15, 0.2) is 170 Å². The third-order valence-electron chi connectivity index (χ3n) is 13.5. The van der Waals surface area contributed by atoms with E-state index in [1.165, 1.54) is 0 Å². The van der Waals surface area contributed by atoms with E-state index in [0.29, 0.717) is 50.1 Å². The van der Waals surface area contributed by atoms with Crippen molar-refractivity contribution in [1.29, 1.82) is 5.26 Å². The quantitative estimate of drug-likeness (QED) is 0.163. The molecule has 13 aromatic rings. The summed E-state index contributed by atoms with van der Waals surface area (Å²) in [6.45, 7) is 8.94. The van der Waals surface area contributed by atoms with Crippen molar-refractivity contribution in [3.63, 3.8) is 0 Å². The number of hydrogen-bond donors (Lipinski definition) is 0. The van der Waals surface area contributed by atoms with Crippen LogP contribution in [0.25, 0.3) is 115 Å². The molecule has 0 aliphatic heterocycles. The van der Waals surface area contributed by atoms with Gasteiger partial charge in [-0.1, -0.05) is 119 Å². The molecule has 66 heavy (non-hydrogen) atoms. The average molecular weight is 851 g/mol. The van der Waals surface area contributed by atoms with Gasteiger partial charge in [-0.25, -0.2) is 4.85 Å². The monoisotopic (exact) mass is 850 g/mol. The zero-order valence-electron chi connectivity index (χ0n) is 41.8. The standard InChI is InChI=1S/C60H40N6/c1-35-22-26-52-43(30-35)39-14-6-10-18-48(39)63(52)57-47(34-61)58(64-49-19-11-7-15-40(49)44-31-36(2)23-27-53(44)64)60(66-51-21-13-9-17-42(51)46-33-38(4)25-29-55(46)66)59(56(57)62-5)65-50-20-12-8-16-41(50)45-32-37(3)24-28-54(45)65/h6-33H,1-4H3/i1D3,2D3. The number of hydrogen-bond acceptors (Lipinski definition) is 1. The molecule has 0 N–H and O–H groups in total. The van der Waals surface area contributed by atoms with Crippen LogP contribution in [-0.2, 0) is 0 Å². The molecule has 6 heteroatoms. The van der Waals surface area contributed by atoms with E-state index in [1.54, 1.807) is 30.3 Å². The van der Waals surface area contributed by atoms with E-state index in [9.17, 15) is 11.8 Å². The fourth-order valence-corrected chi connectivity index (χ4v) is 10.8. The molecule has 0 aliphatic carbocycles. The van der Waals surface area contributed by atoms with Crippen molar-refractivity contribution in [2.24, 2.45) is 0 Å². The fraction of sp³-hybridized carbons (Fsp3) is 0.0667. The van der Waals surface area contributed by atoms with Crippen LogP contribution in [0.4, 0.5) is 5.69 Å². The molecule has 0 atom stereocenters. The van der Waals surface area contributed by atoms with Gasteiger partial charge >= 0.3 is 0 Å². The summed E-state index contributed by atoms with van der Waals surface area (Å²) in [4.78, 5) is 4.61. The second-order valence-corrected chi connectivity index (χ2v) is 17.3. The van der Waals surface area contributed by atoms with Crippen LogP contribution < -0.4 is 0 Å². The Balaban J connectivity index is 1.37. The highest BCUT2D eigenvalue weighted by atomic mass is 15.1. The Kier molecular flexibility index (Phi) is 6.69. The van der Waals surface area contributed by atoms with Gasteiger partial charge < -0.3 is 18.3 Å². The molecule has 0 aliphatic rings. The van der Waals surface area contributed by atoms with Crippen molar-refractivity contribution in [3.05, 3.63) is 209 Å². The first-order valence-corrected chi connectivity index (χ1v) is 21.9. The predicted octanol–water partition coefficient (Wildman–Crippen LogP) is 15.7.